The molecule has 4 heteroatoms. The van der Waals surface area contributed by atoms with Crippen LogP contribution in [0.1, 0.15) is 24.2 Å². The van der Waals surface area contributed by atoms with Crippen LogP contribution in [0.4, 0.5) is 8.78 Å². The standard InChI is InChI=1S/C12H14F2O2/c1-8(2)6-16-7-12(15)10-4-3-9(13)5-11(10)14/h3-5,8H,6-7H2,1-2H3. The topological polar surface area (TPSA) is 26.3 Å². The van der Waals surface area contributed by atoms with Gasteiger partial charge in [-0.05, 0) is 18.1 Å². The summed E-state index contributed by atoms with van der Waals surface area (Å²) in [5.74, 6) is -1.71. The van der Waals surface area contributed by atoms with Gasteiger partial charge in [-0.15, -0.1) is 0 Å². The van der Waals surface area contributed by atoms with E-state index in [0.717, 1.165) is 12.1 Å². The highest BCUT2D eigenvalue weighted by molar-refractivity contribution is 5.97. The second-order valence-electron chi connectivity index (χ2n) is 3.96. The molecule has 1 aromatic carbocycles. The average Bonchev–Trinajstić information content (AvgIpc) is 2.16. The molecule has 0 amide bonds. The summed E-state index contributed by atoms with van der Waals surface area (Å²) in [6.07, 6.45) is 0. The van der Waals surface area contributed by atoms with E-state index in [2.05, 4.69) is 0 Å². The van der Waals surface area contributed by atoms with E-state index in [-0.39, 0.29) is 12.2 Å². The molecule has 2 nitrogen and oxygen atoms in total. The van der Waals surface area contributed by atoms with Crippen LogP contribution in [-0.4, -0.2) is 19.0 Å². The summed E-state index contributed by atoms with van der Waals surface area (Å²) in [5.41, 5.74) is -0.134. The second-order valence-corrected chi connectivity index (χ2v) is 3.96. The van der Waals surface area contributed by atoms with Crippen molar-refractivity contribution in [2.75, 3.05) is 13.2 Å². The van der Waals surface area contributed by atoms with Crippen LogP contribution >= 0.6 is 0 Å². The number of hydrogen-bond donors (Lipinski definition) is 0. The molecule has 1 rings (SSSR count). The zero-order chi connectivity index (χ0) is 12.1. The number of benzene rings is 1. The first-order chi connectivity index (χ1) is 7.50. The zero-order valence-corrected chi connectivity index (χ0v) is 9.30. The van der Waals surface area contributed by atoms with Crippen molar-refractivity contribution in [3.63, 3.8) is 0 Å². The summed E-state index contributed by atoms with van der Waals surface area (Å²) >= 11 is 0. The summed E-state index contributed by atoms with van der Waals surface area (Å²) < 4.78 is 30.8. The number of ether oxygens (including phenoxy) is 1. The Kier molecular flexibility index (Phi) is 4.55. The number of Topliss-reactive ketones (excluding diaryl/α,β-unsaturated/α-hetero) is 1. The van der Waals surface area contributed by atoms with Crippen LogP contribution in [0.15, 0.2) is 18.2 Å². The lowest BCUT2D eigenvalue weighted by molar-refractivity contribution is 0.0702. The maximum atomic E-state index is 13.2. The van der Waals surface area contributed by atoms with Gasteiger partial charge < -0.3 is 4.74 Å². The van der Waals surface area contributed by atoms with Crippen molar-refractivity contribution in [2.45, 2.75) is 13.8 Å². The van der Waals surface area contributed by atoms with Gasteiger partial charge in [0.1, 0.15) is 18.2 Å². The lowest BCUT2D eigenvalue weighted by Crippen LogP contribution is -2.13. The van der Waals surface area contributed by atoms with Crippen molar-refractivity contribution in [1.29, 1.82) is 0 Å². The highest BCUT2D eigenvalue weighted by Gasteiger charge is 2.12. The molecule has 0 bridgehead atoms. The Labute approximate surface area is 93.2 Å². The molecule has 0 aromatic heterocycles. The molecular weight excluding hydrogens is 214 g/mol. The Balaban J connectivity index is 2.59. The fourth-order valence-corrected chi connectivity index (χ4v) is 1.18. The Morgan fingerprint density at radius 1 is 1.38 bits per heavy atom. The largest absolute Gasteiger partial charge is 0.373 e. The molecule has 0 aliphatic heterocycles. The van der Waals surface area contributed by atoms with Crippen molar-refractivity contribution in [3.05, 3.63) is 35.4 Å². The highest BCUT2D eigenvalue weighted by Crippen LogP contribution is 2.10. The van der Waals surface area contributed by atoms with E-state index >= 15 is 0 Å². The third-order valence-corrected chi connectivity index (χ3v) is 1.92. The van der Waals surface area contributed by atoms with E-state index in [1.165, 1.54) is 0 Å². The van der Waals surface area contributed by atoms with Gasteiger partial charge in [-0.25, -0.2) is 8.78 Å². The van der Waals surface area contributed by atoms with Gasteiger partial charge in [-0.1, -0.05) is 13.8 Å². The van der Waals surface area contributed by atoms with E-state index < -0.39 is 17.4 Å². The molecule has 0 aliphatic carbocycles. The molecule has 0 radical (unpaired) electrons. The Morgan fingerprint density at radius 2 is 2.06 bits per heavy atom. The summed E-state index contributed by atoms with van der Waals surface area (Å²) in [7, 11) is 0. The van der Waals surface area contributed by atoms with E-state index in [1.807, 2.05) is 13.8 Å². The van der Waals surface area contributed by atoms with Gasteiger partial charge >= 0.3 is 0 Å². The fraction of sp³-hybridized carbons (Fsp3) is 0.417. The molecular formula is C12H14F2O2. The smallest absolute Gasteiger partial charge is 0.191 e. The minimum atomic E-state index is -0.849. The van der Waals surface area contributed by atoms with Crippen LogP contribution in [-0.2, 0) is 4.74 Å². The van der Waals surface area contributed by atoms with Gasteiger partial charge in [0.2, 0.25) is 0 Å². The summed E-state index contributed by atoms with van der Waals surface area (Å²) in [6, 6.07) is 2.88. The first kappa shape index (κ1) is 12.8. The van der Waals surface area contributed by atoms with Crippen molar-refractivity contribution in [1.82, 2.24) is 0 Å². The molecule has 0 atom stereocenters. The van der Waals surface area contributed by atoms with Gasteiger partial charge in [-0.2, -0.15) is 0 Å². The average molecular weight is 228 g/mol. The molecule has 0 aliphatic rings. The number of hydrogen-bond acceptors (Lipinski definition) is 2. The molecule has 0 heterocycles. The first-order valence-electron chi connectivity index (χ1n) is 5.06. The predicted molar refractivity (Wildman–Crippen MR) is 56.3 cm³/mol. The molecule has 0 saturated carbocycles. The first-order valence-corrected chi connectivity index (χ1v) is 5.06. The third-order valence-electron chi connectivity index (χ3n) is 1.92. The third kappa shape index (κ3) is 3.70. The zero-order valence-electron chi connectivity index (χ0n) is 9.30. The SMILES string of the molecule is CC(C)COCC(=O)c1ccc(F)cc1F. The molecule has 0 N–H and O–H groups in total. The minimum Gasteiger partial charge on any atom is -0.373 e. The number of carbonyl (C=O) groups is 1. The van der Waals surface area contributed by atoms with Crippen LogP contribution in [0, 0.1) is 17.6 Å². The molecule has 0 fully saturated rings. The summed E-state index contributed by atoms with van der Waals surface area (Å²) in [4.78, 5) is 11.5. The maximum Gasteiger partial charge on any atom is 0.191 e. The molecule has 16 heavy (non-hydrogen) atoms. The van der Waals surface area contributed by atoms with Crippen molar-refractivity contribution < 1.29 is 18.3 Å². The predicted octanol–water partition coefficient (Wildman–Crippen LogP) is 2.82. The van der Waals surface area contributed by atoms with E-state index in [1.54, 1.807) is 0 Å². The normalized spacial score (nSPS) is 10.8. The Morgan fingerprint density at radius 3 is 2.62 bits per heavy atom. The molecule has 88 valence electrons. The molecule has 0 unspecified atom stereocenters. The quantitative estimate of drug-likeness (QED) is 0.724. The maximum absolute atomic E-state index is 13.2. The van der Waals surface area contributed by atoms with Gasteiger partial charge in [0.05, 0.1) is 5.56 Å². The Bertz CT molecular complexity index is 375. The van der Waals surface area contributed by atoms with Crippen LogP contribution in [0.3, 0.4) is 0 Å². The minimum absolute atomic E-state index is 0.134. The lowest BCUT2D eigenvalue weighted by atomic mass is 10.1. The number of rotatable bonds is 5. The fourth-order valence-electron chi connectivity index (χ4n) is 1.18. The van der Waals surface area contributed by atoms with Crippen LogP contribution in [0.5, 0.6) is 0 Å². The van der Waals surface area contributed by atoms with E-state index in [9.17, 15) is 13.6 Å². The summed E-state index contributed by atoms with van der Waals surface area (Å²) in [5, 5.41) is 0. The van der Waals surface area contributed by atoms with Gasteiger partial charge in [-0.3, -0.25) is 4.79 Å². The summed E-state index contributed by atoms with van der Waals surface area (Å²) in [6.45, 7) is 4.15. The number of halogens is 2. The molecule has 0 spiro atoms. The van der Waals surface area contributed by atoms with Crippen molar-refractivity contribution >= 4 is 5.78 Å². The number of ketones is 1. The monoisotopic (exact) mass is 228 g/mol. The lowest BCUT2D eigenvalue weighted by Gasteiger charge is -2.06. The molecule has 0 saturated heterocycles. The van der Waals surface area contributed by atoms with Crippen molar-refractivity contribution in [3.8, 4) is 0 Å². The van der Waals surface area contributed by atoms with Crippen LogP contribution in [0.2, 0.25) is 0 Å². The van der Waals surface area contributed by atoms with Gasteiger partial charge in [0.25, 0.3) is 0 Å². The van der Waals surface area contributed by atoms with Crippen molar-refractivity contribution in [2.24, 2.45) is 5.92 Å². The highest BCUT2D eigenvalue weighted by atomic mass is 19.1. The van der Waals surface area contributed by atoms with Gasteiger partial charge in [0.15, 0.2) is 5.78 Å². The van der Waals surface area contributed by atoms with E-state index in [0.29, 0.717) is 18.6 Å². The second kappa shape index (κ2) is 5.70. The van der Waals surface area contributed by atoms with Gasteiger partial charge in [0, 0.05) is 12.7 Å². The Hall–Kier alpha value is -1.29. The molecule has 1 aromatic rings. The van der Waals surface area contributed by atoms with E-state index in [4.69, 9.17) is 4.74 Å². The van der Waals surface area contributed by atoms with Crippen LogP contribution in [0.25, 0.3) is 0 Å². The number of carbonyl (C=O) groups excluding carboxylic acids is 1. The van der Waals surface area contributed by atoms with Crippen LogP contribution < -0.4 is 0 Å².